The first-order valence-electron chi connectivity index (χ1n) is 10.9. The van der Waals surface area contributed by atoms with Crippen molar-refractivity contribution in [3.63, 3.8) is 0 Å². The molecule has 0 rings (SSSR count). The highest BCUT2D eigenvalue weighted by molar-refractivity contribution is 5.67. The van der Waals surface area contributed by atoms with Gasteiger partial charge in [-0.2, -0.15) is 0 Å². The van der Waals surface area contributed by atoms with Gasteiger partial charge in [-0.15, -0.1) is 0 Å². The Balaban J connectivity index is 3.66. The molecule has 0 spiro atoms. The molecule has 0 saturated heterocycles. The van der Waals surface area contributed by atoms with E-state index < -0.39 is 0 Å². The second-order valence-electron chi connectivity index (χ2n) is 8.54. The monoisotopic (exact) mass is 367 g/mol. The van der Waals surface area contributed by atoms with Gasteiger partial charge in [0.05, 0.1) is 0 Å². The number of carbonyl (C=O) groups is 1. The predicted octanol–water partition coefficient (Wildman–Crippen LogP) is 7.12. The van der Waals surface area contributed by atoms with E-state index in [4.69, 9.17) is 4.74 Å². The van der Waals surface area contributed by atoms with Crippen molar-refractivity contribution in [2.45, 2.75) is 99.3 Å². The number of ether oxygens (including phenoxy) is 1. The summed E-state index contributed by atoms with van der Waals surface area (Å²) in [5.74, 6) is 2.55. The van der Waals surface area contributed by atoms with Crippen LogP contribution in [0.25, 0.3) is 0 Å². The molecule has 3 nitrogen and oxygen atoms in total. The molecule has 0 radical (unpaired) electrons. The van der Waals surface area contributed by atoms with Gasteiger partial charge in [-0.25, -0.2) is 4.79 Å². The Kier molecular flexibility index (Phi) is 15.6. The summed E-state index contributed by atoms with van der Waals surface area (Å²) in [5, 5.41) is 2.63. The molecule has 0 saturated carbocycles. The maximum Gasteiger partial charge on any atom is 0.407 e. The normalized spacial score (nSPS) is 14.3. The van der Waals surface area contributed by atoms with E-state index in [0.29, 0.717) is 13.2 Å². The third-order valence-corrected chi connectivity index (χ3v) is 5.11. The van der Waals surface area contributed by atoms with Gasteiger partial charge >= 0.3 is 6.09 Å². The van der Waals surface area contributed by atoms with E-state index in [1.807, 2.05) is 13.0 Å². The molecule has 2 atom stereocenters. The van der Waals surface area contributed by atoms with Crippen LogP contribution in [-0.4, -0.2) is 19.2 Å². The lowest BCUT2D eigenvalue weighted by Gasteiger charge is -2.15. The van der Waals surface area contributed by atoms with Gasteiger partial charge in [-0.05, 0) is 50.5 Å². The second-order valence-corrected chi connectivity index (χ2v) is 8.54. The van der Waals surface area contributed by atoms with Crippen molar-refractivity contribution in [3.05, 3.63) is 11.6 Å². The van der Waals surface area contributed by atoms with E-state index in [-0.39, 0.29) is 6.09 Å². The number of amides is 1. The zero-order valence-electron chi connectivity index (χ0n) is 18.4. The van der Waals surface area contributed by atoms with Crippen molar-refractivity contribution in [3.8, 4) is 0 Å². The molecule has 154 valence electrons. The van der Waals surface area contributed by atoms with Gasteiger partial charge in [0, 0.05) is 6.54 Å². The van der Waals surface area contributed by atoms with Crippen LogP contribution in [0.5, 0.6) is 0 Å². The minimum absolute atomic E-state index is 0.330. The molecule has 26 heavy (non-hydrogen) atoms. The van der Waals surface area contributed by atoms with E-state index in [1.54, 1.807) is 0 Å². The Labute approximate surface area is 163 Å². The largest absolute Gasteiger partial charge is 0.445 e. The molecule has 0 aromatic heterocycles. The fourth-order valence-corrected chi connectivity index (χ4v) is 3.26. The molecule has 1 amide bonds. The molecule has 0 bridgehead atoms. The Morgan fingerprint density at radius 2 is 1.46 bits per heavy atom. The van der Waals surface area contributed by atoms with Crippen molar-refractivity contribution in [2.75, 3.05) is 13.2 Å². The zero-order chi connectivity index (χ0) is 19.8. The van der Waals surface area contributed by atoms with Crippen molar-refractivity contribution < 1.29 is 9.53 Å². The summed E-state index contributed by atoms with van der Waals surface area (Å²) in [6.07, 6.45) is 13.6. The van der Waals surface area contributed by atoms with Gasteiger partial charge < -0.3 is 10.1 Å². The molecular weight excluding hydrogens is 322 g/mol. The average Bonchev–Trinajstić information content (AvgIpc) is 2.54. The van der Waals surface area contributed by atoms with Crippen LogP contribution >= 0.6 is 0 Å². The summed E-state index contributed by atoms with van der Waals surface area (Å²) in [6, 6.07) is 0. The molecule has 3 heteroatoms. The molecule has 0 fully saturated rings. The summed E-state index contributed by atoms with van der Waals surface area (Å²) in [5.41, 5.74) is 1.32. The highest BCUT2D eigenvalue weighted by atomic mass is 16.5. The van der Waals surface area contributed by atoms with Gasteiger partial charge in [-0.3, -0.25) is 0 Å². The Bertz CT molecular complexity index is 376. The van der Waals surface area contributed by atoms with E-state index in [1.165, 1.54) is 56.9 Å². The van der Waals surface area contributed by atoms with Crippen molar-refractivity contribution in [1.29, 1.82) is 0 Å². The summed E-state index contributed by atoms with van der Waals surface area (Å²) < 4.78 is 5.07. The van der Waals surface area contributed by atoms with Crippen LogP contribution in [0.1, 0.15) is 99.3 Å². The molecular formula is C23H45NO2. The topological polar surface area (TPSA) is 38.3 Å². The lowest BCUT2D eigenvalue weighted by atomic mass is 9.91. The van der Waals surface area contributed by atoms with Crippen LogP contribution in [0, 0.1) is 17.8 Å². The molecule has 0 aliphatic rings. The SMILES string of the molecule is CCNC(=O)OCC=C(C)CCCC(C)CCCC(C)CCCC(C)C. The number of rotatable bonds is 15. The number of hydrogen-bond donors (Lipinski definition) is 1. The van der Waals surface area contributed by atoms with Crippen molar-refractivity contribution in [1.82, 2.24) is 5.32 Å². The minimum Gasteiger partial charge on any atom is -0.445 e. The molecule has 0 heterocycles. The van der Waals surface area contributed by atoms with Gasteiger partial charge in [0.1, 0.15) is 6.61 Å². The summed E-state index contributed by atoms with van der Waals surface area (Å²) in [7, 11) is 0. The maximum atomic E-state index is 11.2. The second kappa shape index (κ2) is 16.2. The van der Waals surface area contributed by atoms with Crippen molar-refractivity contribution >= 4 is 6.09 Å². The number of nitrogens with one attached hydrogen (secondary N) is 1. The molecule has 2 unspecified atom stereocenters. The first-order valence-corrected chi connectivity index (χ1v) is 10.9. The first-order chi connectivity index (χ1) is 12.3. The number of carbonyl (C=O) groups excluding carboxylic acids is 1. The number of allylic oxidation sites excluding steroid dienone is 1. The highest BCUT2D eigenvalue weighted by Crippen LogP contribution is 2.22. The number of alkyl carbamates (subject to hydrolysis) is 1. The highest BCUT2D eigenvalue weighted by Gasteiger charge is 2.06. The third kappa shape index (κ3) is 16.5. The molecule has 1 N–H and O–H groups in total. The van der Waals surface area contributed by atoms with Crippen molar-refractivity contribution in [2.24, 2.45) is 17.8 Å². The average molecular weight is 368 g/mol. The summed E-state index contributed by atoms with van der Waals surface area (Å²) in [4.78, 5) is 11.2. The standard InChI is InChI=1S/C23H45NO2/c1-7-24-23(25)26-18-17-22(6)16-10-15-21(5)14-9-13-20(4)12-8-11-19(2)3/h17,19-21H,7-16,18H2,1-6H3,(H,24,25). The predicted molar refractivity (Wildman–Crippen MR) is 114 cm³/mol. The smallest absolute Gasteiger partial charge is 0.407 e. The van der Waals surface area contributed by atoms with Gasteiger partial charge in [0.25, 0.3) is 0 Å². The number of hydrogen-bond acceptors (Lipinski definition) is 2. The Hall–Kier alpha value is -0.990. The van der Waals surface area contributed by atoms with E-state index in [0.717, 1.165) is 24.2 Å². The minimum atomic E-state index is -0.330. The van der Waals surface area contributed by atoms with Gasteiger partial charge in [-0.1, -0.05) is 78.2 Å². The van der Waals surface area contributed by atoms with Crippen LogP contribution in [0.15, 0.2) is 11.6 Å². The molecule has 0 aromatic rings. The fraction of sp³-hybridized carbons (Fsp3) is 0.870. The molecule has 0 aliphatic heterocycles. The first kappa shape index (κ1) is 25.0. The zero-order valence-corrected chi connectivity index (χ0v) is 18.4. The van der Waals surface area contributed by atoms with Crippen LogP contribution in [0.2, 0.25) is 0 Å². The fourth-order valence-electron chi connectivity index (χ4n) is 3.26. The summed E-state index contributed by atoms with van der Waals surface area (Å²) >= 11 is 0. The maximum absolute atomic E-state index is 11.2. The van der Waals surface area contributed by atoms with Gasteiger partial charge in [0.15, 0.2) is 0 Å². The summed E-state index contributed by atoms with van der Waals surface area (Å²) in [6.45, 7) is 14.4. The quantitative estimate of drug-likeness (QED) is 0.313. The lowest BCUT2D eigenvalue weighted by molar-refractivity contribution is 0.158. The Morgan fingerprint density at radius 3 is 2.00 bits per heavy atom. The van der Waals surface area contributed by atoms with Crippen LogP contribution < -0.4 is 5.32 Å². The van der Waals surface area contributed by atoms with E-state index in [2.05, 4.69) is 39.9 Å². The third-order valence-electron chi connectivity index (χ3n) is 5.11. The van der Waals surface area contributed by atoms with Crippen LogP contribution in [-0.2, 0) is 4.74 Å². The van der Waals surface area contributed by atoms with Gasteiger partial charge in [0.2, 0.25) is 0 Å². The van der Waals surface area contributed by atoms with E-state index >= 15 is 0 Å². The van der Waals surface area contributed by atoms with Crippen LogP contribution in [0.4, 0.5) is 4.79 Å². The van der Waals surface area contributed by atoms with E-state index in [9.17, 15) is 4.79 Å². The Morgan fingerprint density at radius 1 is 0.923 bits per heavy atom. The molecule has 0 aliphatic carbocycles. The van der Waals surface area contributed by atoms with Crippen LogP contribution in [0.3, 0.4) is 0 Å². The molecule has 0 aromatic carbocycles. The lowest BCUT2D eigenvalue weighted by Crippen LogP contribution is -2.23.